The molecular formula is C15H22N2O3S2. The highest BCUT2D eigenvalue weighted by atomic mass is 32.2. The van der Waals surface area contributed by atoms with Gasteiger partial charge in [-0.25, -0.2) is 8.42 Å². The minimum atomic E-state index is -3.16. The summed E-state index contributed by atoms with van der Waals surface area (Å²) >= 11 is 5.28. The van der Waals surface area contributed by atoms with Gasteiger partial charge in [0, 0.05) is 19.4 Å². The van der Waals surface area contributed by atoms with Gasteiger partial charge in [0.25, 0.3) is 0 Å². The fourth-order valence-electron chi connectivity index (χ4n) is 2.35. The lowest BCUT2D eigenvalue weighted by Crippen LogP contribution is -2.40. The van der Waals surface area contributed by atoms with E-state index >= 15 is 0 Å². The van der Waals surface area contributed by atoms with E-state index in [2.05, 4.69) is 10.6 Å². The quantitative estimate of drug-likeness (QED) is 0.796. The van der Waals surface area contributed by atoms with Gasteiger partial charge in [0.05, 0.1) is 17.0 Å². The van der Waals surface area contributed by atoms with Crippen LogP contribution in [-0.2, 0) is 14.6 Å². The maximum atomic E-state index is 11.4. The number of thiocarbonyl (C=S) groups is 1. The molecule has 1 saturated heterocycles. The number of sulfone groups is 1. The zero-order valence-corrected chi connectivity index (χ0v) is 14.5. The van der Waals surface area contributed by atoms with E-state index in [0.717, 1.165) is 25.0 Å². The maximum Gasteiger partial charge on any atom is 0.175 e. The first-order chi connectivity index (χ1) is 10.4. The number of hydrogen-bond acceptors (Lipinski definition) is 4. The second-order valence-electron chi connectivity index (χ2n) is 5.55. The molecule has 2 N–H and O–H groups in total. The smallest absolute Gasteiger partial charge is 0.175 e. The molecule has 1 aliphatic heterocycles. The third kappa shape index (κ3) is 4.93. The molecule has 0 saturated carbocycles. The van der Waals surface area contributed by atoms with Crippen molar-refractivity contribution >= 4 is 27.2 Å². The lowest BCUT2D eigenvalue weighted by molar-refractivity contribution is 0.114. The Labute approximate surface area is 137 Å². The molecule has 1 aromatic rings. The minimum Gasteiger partial charge on any atom is -0.376 e. The fourth-order valence-corrected chi connectivity index (χ4v) is 3.24. The summed E-state index contributed by atoms with van der Waals surface area (Å²) in [6.45, 7) is 3.52. The van der Waals surface area contributed by atoms with Crippen LogP contribution in [0.5, 0.6) is 0 Å². The largest absolute Gasteiger partial charge is 0.376 e. The zero-order chi connectivity index (χ0) is 16.2. The monoisotopic (exact) mass is 342 g/mol. The normalized spacial score (nSPS) is 19.6. The molecule has 1 fully saturated rings. The van der Waals surface area contributed by atoms with Crippen LogP contribution < -0.4 is 10.6 Å². The van der Waals surface area contributed by atoms with Gasteiger partial charge in [-0.3, -0.25) is 0 Å². The topological polar surface area (TPSA) is 67.4 Å². The van der Waals surface area contributed by atoms with Crippen LogP contribution in [0.2, 0.25) is 0 Å². The number of nitrogens with one attached hydrogen (secondary N) is 2. The Bertz CT molecular complexity index is 608. The average Bonchev–Trinajstić information content (AvgIpc) is 2.97. The number of rotatable bonds is 5. The highest BCUT2D eigenvalue weighted by Gasteiger charge is 2.16. The van der Waals surface area contributed by atoms with E-state index in [9.17, 15) is 8.42 Å². The Morgan fingerprint density at radius 3 is 2.64 bits per heavy atom. The molecule has 2 rings (SSSR count). The van der Waals surface area contributed by atoms with Crippen molar-refractivity contribution in [3.05, 3.63) is 29.8 Å². The summed E-state index contributed by atoms with van der Waals surface area (Å²) < 4.78 is 28.4. The van der Waals surface area contributed by atoms with Gasteiger partial charge in [-0.15, -0.1) is 0 Å². The van der Waals surface area contributed by atoms with Crippen molar-refractivity contribution in [2.45, 2.75) is 36.8 Å². The Morgan fingerprint density at radius 2 is 2.09 bits per heavy atom. The summed E-state index contributed by atoms with van der Waals surface area (Å²) in [5, 5.41) is 6.93. The van der Waals surface area contributed by atoms with Crippen molar-refractivity contribution < 1.29 is 13.2 Å². The van der Waals surface area contributed by atoms with Gasteiger partial charge >= 0.3 is 0 Å². The van der Waals surface area contributed by atoms with Crippen molar-refractivity contribution in [3.63, 3.8) is 0 Å². The predicted molar refractivity (Wildman–Crippen MR) is 90.7 cm³/mol. The van der Waals surface area contributed by atoms with E-state index in [1.165, 1.54) is 6.26 Å². The van der Waals surface area contributed by atoms with Crippen LogP contribution in [0.25, 0.3) is 0 Å². The SMILES string of the molecule is C[C@H](NC(=S)NC[C@@H]1CCCO1)c1ccc(S(C)(=O)=O)cc1. The predicted octanol–water partition coefficient (Wildman–Crippen LogP) is 1.79. The highest BCUT2D eigenvalue weighted by molar-refractivity contribution is 7.90. The third-order valence-electron chi connectivity index (χ3n) is 3.67. The van der Waals surface area contributed by atoms with Gasteiger partial charge in [-0.2, -0.15) is 0 Å². The molecule has 122 valence electrons. The van der Waals surface area contributed by atoms with Crippen molar-refractivity contribution in [1.82, 2.24) is 10.6 Å². The molecule has 7 heteroatoms. The van der Waals surface area contributed by atoms with Crippen molar-refractivity contribution in [3.8, 4) is 0 Å². The second-order valence-corrected chi connectivity index (χ2v) is 7.98. The van der Waals surface area contributed by atoms with Gasteiger partial charge in [0.15, 0.2) is 14.9 Å². The van der Waals surface area contributed by atoms with Gasteiger partial charge in [0.2, 0.25) is 0 Å². The molecule has 0 unspecified atom stereocenters. The first-order valence-electron chi connectivity index (χ1n) is 7.32. The summed E-state index contributed by atoms with van der Waals surface area (Å²) in [6.07, 6.45) is 3.62. The van der Waals surface area contributed by atoms with E-state index in [4.69, 9.17) is 17.0 Å². The first kappa shape index (κ1) is 17.2. The molecule has 0 aromatic heterocycles. The van der Waals surface area contributed by atoms with Crippen LogP contribution >= 0.6 is 12.2 Å². The van der Waals surface area contributed by atoms with Gasteiger partial charge in [-0.1, -0.05) is 12.1 Å². The summed E-state index contributed by atoms with van der Waals surface area (Å²) in [7, 11) is -3.16. The molecule has 1 aliphatic rings. The molecule has 0 spiro atoms. The molecule has 22 heavy (non-hydrogen) atoms. The summed E-state index contributed by atoms with van der Waals surface area (Å²) in [6, 6.07) is 6.84. The zero-order valence-electron chi connectivity index (χ0n) is 12.8. The average molecular weight is 342 g/mol. The fraction of sp³-hybridized carbons (Fsp3) is 0.533. The molecular weight excluding hydrogens is 320 g/mol. The molecule has 1 aromatic carbocycles. The van der Waals surface area contributed by atoms with Gasteiger partial charge in [-0.05, 0) is 49.7 Å². The van der Waals surface area contributed by atoms with E-state index in [1.807, 2.05) is 6.92 Å². The van der Waals surface area contributed by atoms with Crippen LogP contribution in [0, 0.1) is 0 Å². The number of hydrogen-bond donors (Lipinski definition) is 2. The second kappa shape index (κ2) is 7.39. The minimum absolute atomic E-state index is 0.00175. The van der Waals surface area contributed by atoms with Gasteiger partial charge in [0.1, 0.15) is 0 Å². The molecule has 0 bridgehead atoms. The maximum absolute atomic E-state index is 11.4. The van der Waals surface area contributed by atoms with Crippen molar-refractivity contribution in [2.75, 3.05) is 19.4 Å². The molecule has 5 nitrogen and oxygen atoms in total. The number of ether oxygens (including phenoxy) is 1. The molecule has 2 atom stereocenters. The van der Waals surface area contributed by atoms with Crippen LogP contribution in [-0.4, -0.2) is 39.0 Å². The summed E-state index contributed by atoms with van der Waals surface area (Å²) in [5.74, 6) is 0. The Hall–Kier alpha value is -1.18. The van der Waals surface area contributed by atoms with Gasteiger partial charge < -0.3 is 15.4 Å². The highest BCUT2D eigenvalue weighted by Crippen LogP contribution is 2.16. The Morgan fingerprint density at radius 1 is 1.41 bits per heavy atom. The summed E-state index contributed by atoms with van der Waals surface area (Å²) in [5.41, 5.74) is 0.980. The standard InChI is InChI=1S/C15H22N2O3S2/c1-11(12-5-7-14(8-6-12)22(2,18)19)17-15(21)16-10-13-4-3-9-20-13/h5-8,11,13H,3-4,9-10H2,1-2H3,(H2,16,17,21)/t11-,13-/m0/s1. The molecule has 0 aliphatic carbocycles. The summed E-state index contributed by atoms with van der Waals surface area (Å²) in [4.78, 5) is 0.322. The Kier molecular flexibility index (Phi) is 5.77. The lowest BCUT2D eigenvalue weighted by atomic mass is 10.1. The molecule has 1 heterocycles. The van der Waals surface area contributed by atoms with E-state index < -0.39 is 9.84 Å². The van der Waals surface area contributed by atoms with Crippen LogP contribution in [0.3, 0.4) is 0 Å². The number of benzene rings is 1. The molecule has 0 radical (unpaired) electrons. The first-order valence-corrected chi connectivity index (χ1v) is 9.62. The third-order valence-corrected chi connectivity index (χ3v) is 5.06. The van der Waals surface area contributed by atoms with Crippen LogP contribution in [0.4, 0.5) is 0 Å². The van der Waals surface area contributed by atoms with Crippen LogP contribution in [0.15, 0.2) is 29.2 Å². The van der Waals surface area contributed by atoms with E-state index in [0.29, 0.717) is 16.6 Å². The van der Waals surface area contributed by atoms with Crippen LogP contribution in [0.1, 0.15) is 31.4 Å². The molecule has 0 amide bonds. The van der Waals surface area contributed by atoms with Crippen molar-refractivity contribution in [2.24, 2.45) is 0 Å². The van der Waals surface area contributed by atoms with E-state index in [1.54, 1.807) is 24.3 Å². The van der Waals surface area contributed by atoms with E-state index in [-0.39, 0.29) is 12.1 Å². The Balaban J connectivity index is 1.85. The lowest BCUT2D eigenvalue weighted by Gasteiger charge is -2.19. The van der Waals surface area contributed by atoms with Crippen molar-refractivity contribution in [1.29, 1.82) is 0 Å².